The Morgan fingerprint density at radius 1 is 0.667 bits per heavy atom. The number of benzene rings is 4. The third-order valence-corrected chi connectivity index (χ3v) is 6.11. The summed E-state index contributed by atoms with van der Waals surface area (Å²) < 4.78 is 6.17. The molecule has 0 amide bonds. The molecule has 0 fully saturated rings. The van der Waals surface area contributed by atoms with Gasteiger partial charge in [-0.1, -0.05) is 116 Å². The molecule has 0 saturated heterocycles. The summed E-state index contributed by atoms with van der Waals surface area (Å²) in [5, 5.41) is 1.15. The number of hydrogen-bond donors (Lipinski definition) is 0. The minimum atomic E-state index is 0.942. The van der Waals surface area contributed by atoms with Gasteiger partial charge in [0.2, 0.25) is 0 Å². The van der Waals surface area contributed by atoms with Crippen LogP contribution in [-0.2, 0) is 6.42 Å². The first-order chi connectivity index (χ1) is 16.3. The monoisotopic (exact) mass is 428 g/mol. The molecule has 4 aromatic carbocycles. The van der Waals surface area contributed by atoms with Gasteiger partial charge in [-0.3, -0.25) is 0 Å². The molecule has 0 aliphatic rings. The van der Waals surface area contributed by atoms with Crippen molar-refractivity contribution >= 4 is 23.1 Å². The Labute approximate surface area is 196 Å². The summed E-state index contributed by atoms with van der Waals surface area (Å²) in [6.07, 6.45) is 7.79. The number of para-hydroxylation sites is 1. The Hall–Kier alpha value is -3.84. The standard InChI is InChI=1S/C32H28O/c1-2-3-9-28-22-25(18-21-30(28)32-23-29-12-7-8-13-31(29)33-32)15-14-24-16-19-27(20-17-24)26-10-5-4-6-11-26/h4-8,10-23H,2-3,9H2,1H3/b15-14+. The Morgan fingerprint density at radius 2 is 1.36 bits per heavy atom. The maximum absolute atomic E-state index is 6.17. The van der Waals surface area contributed by atoms with Crippen molar-refractivity contribution in [3.05, 3.63) is 120 Å². The van der Waals surface area contributed by atoms with Gasteiger partial charge in [0, 0.05) is 10.9 Å². The van der Waals surface area contributed by atoms with Crippen molar-refractivity contribution in [1.82, 2.24) is 0 Å². The lowest BCUT2D eigenvalue weighted by Gasteiger charge is -2.09. The lowest BCUT2D eigenvalue weighted by Crippen LogP contribution is -1.91. The molecule has 1 heterocycles. The lowest BCUT2D eigenvalue weighted by atomic mass is 9.97. The SMILES string of the molecule is CCCCc1cc(/C=C/c2ccc(-c3ccccc3)cc2)ccc1-c1cc2ccccc2o1. The highest BCUT2D eigenvalue weighted by atomic mass is 16.3. The molecule has 33 heavy (non-hydrogen) atoms. The van der Waals surface area contributed by atoms with Crippen LogP contribution in [0.4, 0.5) is 0 Å². The number of fused-ring (bicyclic) bond motifs is 1. The quantitative estimate of drug-likeness (QED) is 0.235. The van der Waals surface area contributed by atoms with Gasteiger partial charge >= 0.3 is 0 Å². The zero-order valence-corrected chi connectivity index (χ0v) is 19.0. The molecule has 0 N–H and O–H groups in total. The first-order valence-corrected chi connectivity index (χ1v) is 11.8. The van der Waals surface area contributed by atoms with Gasteiger partial charge in [0.15, 0.2) is 0 Å². The average molecular weight is 429 g/mol. The summed E-state index contributed by atoms with van der Waals surface area (Å²) in [7, 11) is 0. The van der Waals surface area contributed by atoms with E-state index in [2.05, 4.69) is 110 Å². The van der Waals surface area contributed by atoms with Crippen molar-refractivity contribution in [2.45, 2.75) is 26.2 Å². The molecule has 1 aromatic heterocycles. The molecule has 0 bridgehead atoms. The Morgan fingerprint density at radius 3 is 2.15 bits per heavy atom. The van der Waals surface area contributed by atoms with Gasteiger partial charge in [-0.15, -0.1) is 0 Å². The second-order valence-electron chi connectivity index (χ2n) is 8.49. The van der Waals surface area contributed by atoms with E-state index in [9.17, 15) is 0 Å². The van der Waals surface area contributed by atoms with Crippen LogP contribution >= 0.6 is 0 Å². The van der Waals surface area contributed by atoms with Gasteiger partial charge in [0.25, 0.3) is 0 Å². The zero-order valence-electron chi connectivity index (χ0n) is 19.0. The smallest absolute Gasteiger partial charge is 0.135 e. The van der Waals surface area contributed by atoms with Crippen LogP contribution in [0.15, 0.2) is 108 Å². The number of unbranched alkanes of at least 4 members (excludes halogenated alkanes) is 1. The van der Waals surface area contributed by atoms with Gasteiger partial charge in [0.1, 0.15) is 11.3 Å². The highest BCUT2D eigenvalue weighted by Crippen LogP contribution is 2.32. The third kappa shape index (κ3) is 4.83. The van der Waals surface area contributed by atoms with Crippen molar-refractivity contribution < 1.29 is 4.42 Å². The second kappa shape index (κ2) is 9.75. The molecule has 0 spiro atoms. The molecule has 162 valence electrons. The average Bonchev–Trinajstić information content (AvgIpc) is 3.31. The van der Waals surface area contributed by atoms with Crippen LogP contribution in [0.5, 0.6) is 0 Å². The Bertz CT molecular complexity index is 1340. The molecule has 0 aliphatic carbocycles. The summed E-state index contributed by atoms with van der Waals surface area (Å²) >= 11 is 0. The van der Waals surface area contributed by atoms with Crippen molar-refractivity contribution in [2.75, 3.05) is 0 Å². The van der Waals surface area contributed by atoms with E-state index in [1.54, 1.807) is 0 Å². The van der Waals surface area contributed by atoms with E-state index in [4.69, 9.17) is 4.42 Å². The predicted molar refractivity (Wildman–Crippen MR) is 141 cm³/mol. The third-order valence-electron chi connectivity index (χ3n) is 6.11. The molecule has 1 nitrogen and oxygen atoms in total. The topological polar surface area (TPSA) is 13.1 Å². The molecule has 0 unspecified atom stereocenters. The van der Waals surface area contributed by atoms with Crippen LogP contribution < -0.4 is 0 Å². The van der Waals surface area contributed by atoms with Crippen LogP contribution in [0.3, 0.4) is 0 Å². The largest absolute Gasteiger partial charge is 0.456 e. The molecular formula is C32H28O. The number of aryl methyl sites for hydroxylation is 1. The molecule has 0 saturated carbocycles. The molecule has 0 atom stereocenters. The Balaban J connectivity index is 1.40. The number of hydrogen-bond acceptors (Lipinski definition) is 1. The van der Waals surface area contributed by atoms with Crippen LogP contribution in [-0.4, -0.2) is 0 Å². The number of furan rings is 1. The summed E-state index contributed by atoms with van der Waals surface area (Å²) in [4.78, 5) is 0. The molecule has 5 rings (SSSR count). The first-order valence-electron chi connectivity index (χ1n) is 11.8. The highest BCUT2D eigenvalue weighted by molar-refractivity contribution is 5.84. The van der Waals surface area contributed by atoms with Gasteiger partial charge in [-0.2, -0.15) is 0 Å². The minimum Gasteiger partial charge on any atom is -0.456 e. The van der Waals surface area contributed by atoms with Crippen LogP contribution in [0, 0.1) is 0 Å². The van der Waals surface area contributed by atoms with Crippen molar-refractivity contribution in [3.63, 3.8) is 0 Å². The fourth-order valence-electron chi connectivity index (χ4n) is 4.26. The molecular weight excluding hydrogens is 400 g/mol. The fourth-order valence-corrected chi connectivity index (χ4v) is 4.26. The number of rotatable bonds is 7. The van der Waals surface area contributed by atoms with E-state index >= 15 is 0 Å². The predicted octanol–water partition coefficient (Wildman–Crippen LogP) is 9.28. The van der Waals surface area contributed by atoms with E-state index < -0.39 is 0 Å². The minimum absolute atomic E-state index is 0.942. The van der Waals surface area contributed by atoms with E-state index in [1.165, 1.54) is 46.2 Å². The van der Waals surface area contributed by atoms with Gasteiger partial charge in [-0.25, -0.2) is 0 Å². The van der Waals surface area contributed by atoms with Crippen LogP contribution in [0.2, 0.25) is 0 Å². The normalized spacial score (nSPS) is 11.4. The van der Waals surface area contributed by atoms with Crippen molar-refractivity contribution in [1.29, 1.82) is 0 Å². The van der Waals surface area contributed by atoms with E-state index in [0.29, 0.717) is 0 Å². The maximum Gasteiger partial charge on any atom is 0.135 e. The van der Waals surface area contributed by atoms with Crippen molar-refractivity contribution in [3.8, 4) is 22.5 Å². The highest BCUT2D eigenvalue weighted by Gasteiger charge is 2.11. The van der Waals surface area contributed by atoms with E-state index in [1.807, 2.05) is 12.1 Å². The fraction of sp³-hybridized carbons (Fsp3) is 0.125. The second-order valence-corrected chi connectivity index (χ2v) is 8.49. The summed E-state index contributed by atoms with van der Waals surface area (Å²) in [6, 6.07) is 36.3. The van der Waals surface area contributed by atoms with E-state index in [0.717, 1.165) is 23.2 Å². The molecule has 0 aliphatic heterocycles. The molecule has 1 heteroatoms. The summed E-state index contributed by atoms with van der Waals surface area (Å²) in [5.74, 6) is 0.953. The van der Waals surface area contributed by atoms with Crippen molar-refractivity contribution in [2.24, 2.45) is 0 Å². The molecule has 0 radical (unpaired) electrons. The van der Waals surface area contributed by atoms with Gasteiger partial charge in [0.05, 0.1) is 0 Å². The van der Waals surface area contributed by atoms with Crippen LogP contribution in [0.1, 0.15) is 36.5 Å². The van der Waals surface area contributed by atoms with E-state index in [-0.39, 0.29) is 0 Å². The maximum atomic E-state index is 6.17. The summed E-state index contributed by atoms with van der Waals surface area (Å²) in [5.41, 5.74) is 8.39. The molecule has 5 aromatic rings. The zero-order chi connectivity index (χ0) is 22.5. The lowest BCUT2D eigenvalue weighted by molar-refractivity contribution is 0.630. The van der Waals surface area contributed by atoms with Gasteiger partial charge in [-0.05, 0) is 52.8 Å². The first kappa shape index (κ1) is 21.0. The van der Waals surface area contributed by atoms with Crippen LogP contribution in [0.25, 0.3) is 45.6 Å². The summed E-state index contributed by atoms with van der Waals surface area (Å²) in [6.45, 7) is 2.24. The Kier molecular flexibility index (Phi) is 6.21. The van der Waals surface area contributed by atoms with Gasteiger partial charge < -0.3 is 4.42 Å².